The van der Waals surface area contributed by atoms with E-state index < -0.39 is 29.2 Å². The summed E-state index contributed by atoms with van der Waals surface area (Å²) < 4.78 is 50.3. The number of anilines is 1. The molecule has 1 fully saturated rings. The van der Waals surface area contributed by atoms with E-state index >= 15 is 0 Å². The Labute approximate surface area is 236 Å². The Hall–Kier alpha value is -3.33. The van der Waals surface area contributed by atoms with E-state index in [9.17, 15) is 22.8 Å². The van der Waals surface area contributed by atoms with E-state index in [1.165, 1.54) is 24.0 Å². The van der Waals surface area contributed by atoms with Crippen LogP contribution in [0.25, 0.3) is 5.69 Å². The highest BCUT2D eigenvalue weighted by Crippen LogP contribution is 2.50. The second kappa shape index (κ2) is 10.9. The molecule has 212 valence electrons. The first kappa shape index (κ1) is 28.2. The fourth-order valence-corrected chi connectivity index (χ4v) is 6.53. The summed E-state index contributed by atoms with van der Waals surface area (Å²) in [5, 5.41) is 5.53. The molecule has 0 aliphatic heterocycles. The van der Waals surface area contributed by atoms with Gasteiger partial charge in [0.25, 0.3) is 0 Å². The first-order valence-corrected chi connectivity index (χ1v) is 13.9. The minimum absolute atomic E-state index is 0.233. The van der Waals surface area contributed by atoms with E-state index in [-0.39, 0.29) is 11.3 Å². The number of hydrogen-bond donors (Lipinski definition) is 0. The molecule has 0 bridgehead atoms. The number of carbonyl (C=O) groups excluding carboxylic acids is 2. The number of amides is 1. The van der Waals surface area contributed by atoms with Crippen LogP contribution in [0.2, 0.25) is 5.02 Å². The standard InChI is InChI=1S/C30H31ClF3N3O3/c1-19(38)36(26-15-10-20(28(39)40-2)18-24(26)30(32,33)34)29(16-6-3-7-17-29)27-23-8-4-5-9-25(23)35-37(27)22-13-11-21(31)12-14-22/h10-15,18H,3-9,16-17H2,1-2H3. The summed E-state index contributed by atoms with van der Waals surface area (Å²) in [6.07, 6.45) is 1.95. The Kier molecular flexibility index (Phi) is 7.70. The summed E-state index contributed by atoms with van der Waals surface area (Å²) >= 11 is 6.17. The van der Waals surface area contributed by atoms with Crippen molar-refractivity contribution in [1.82, 2.24) is 9.78 Å². The van der Waals surface area contributed by atoms with Crippen molar-refractivity contribution in [3.63, 3.8) is 0 Å². The van der Waals surface area contributed by atoms with E-state index in [4.69, 9.17) is 16.7 Å². The molecular formula is C30H31ClF3N3O3. The maximum atomic E-state index is 14.6. The molecule has 2 aliphatic rings. The SMILES string of the molecule is COC(=O)c1ccc(N(C(C)=O)C2(c3c4c(nn3-c3ccc(Cl)cc3)CCCC4)CCCCC2)c(C(F)(F)F)c1. The number of alkyl halides is 3. The number of benzene rings is 2. The Bertz CT molecular complexity index is 1430. The lowest BCUT2D eigenvalue weighted by Gasteiger charge is -2.47. The Morgan fingerprint density at radius 2 is 1.68 bits per heavy atom. The van der Waals surface area contributed by atoms with Crippen molar-refractivity contribution < 1.29 is 27.5 Å². The molecule has 1 aromatic heterocycles. The van der Waals surface area contributed by atoms with Crippen LogP contribution in [0.1, 0.15) is 84.7 Å². The number of nitrogens with zero attached hydrogens (tertiary/aromatic N) is 3. The summed E-state index contributed by atoms with van der Waals surface area (Å²) in [7, 11) is 1.11. The van der Waals surface area contributed by atoms with E-state index in [2.05, 4.69) is 4.74 Å². The number of carbonyl (C=O) groups is 2. The topological polar surface area (TPSA) is 64.4 Å². The molecule has 6 nitrogen and oxygen atoms in total. The Morgan fingerprint density at radius 1 is 1.00 bits per heavy atom. The fraction of sp³-hybridized carbons (Fsp3) is 0.433. The van der Waals surface area contributed by atoms with Crippen LogP contribution < -0.4 is 4.90 Å². The van der Waals surface area contributed by atoms with E-state index in [0.717, 1.165) is 80.8 Å². The van der Waals surface area contributed by atoms with Crippen LogP contribution in [-0.2, 0) is 34.1 Å². The number of halogens is 4. The van der Waals surface area contributed by atoms with Gasteiger partial charge < -0.3 is 9.64 Å². The van der Waals surface area contributed by atoms with Crippen LogP contribution in [0.4, 0.5) is 18.9 Å². The van der Waals surface area contributed by atoms with Gasteiger partial charge in [0.1, 0.15) is 0 Å². The van der Waals surface area contributed by atoms with Gasteiger partial charge in [0.15, 0.2) is 0 Å². The van der Waals surface area contributed by atoms with Crippen molar-refractivity contribution in [2.75, 3.05) is 12.0 Å². The van der Waals surface area contributed by atoms with Gasteiger partial charge in [0.2, 0.25) is 5.91 Å². The average molecular weight is 574 g/mol. The average Bonchev–Trinajstić information content (AvgIpc) is 3.33. The van der Waals surface area contributed by atoms with Crippen LogP contribution in [0.3, 0.4) is 0 Å². The molecule has 1 saturated carbocycles. The molecule has 2 aromatic carbocycles. The maximum absolute atomic E-state index is 14.6. The van der Waals surface area contributed by atoms with Crippen molar-refractivity contribution in [3.8, 4) is 5.69 Å². The van der Waals surface area contributed by atoms with Crippen molar-refractivity contribution in [2.45, 2.75) is 76.4 Å². The molecule has 40 heavy (non-hydrogen) atoms. The van der Waals surface area contributed by atoms with Crippen molar-refractivity contribution in [2.24, 2.45) is 0 Å². The van der Waals surface area contributed by atoms with Crippen molar-refractivity contribution in [1.29, 1.82) is 0 Å². The zero-order valence-corrected chi connectivity index (χ0v) is 23.2. The second-order valence-corrected chi connectivity index (χ2v) is 11.0. The van der Waals surface area contributed by atoms with Crippen LogP contribution >= 0.6 is 11.6 Å². The molecule has 2 aliphatic carbocycles. The predicted molar refractivity (Wildman–Crippen MR) is 146 cm³/mol. The molecule has 0 unspecified atom stereocenters. The van der Waals surface area contributed by atoms with Gasteiger partial charge in [-0.05, 0) is 86.6 Å². The molecule has 0 radical (unpaired) electrons. The molecule has 5 rings (SSSR count). The van der Waals surface area contributed by atoms with Gasteiger partial charge in [-0.15, -0.1) is 0 Å². The highest BCUT2D eigenvalue weighted by atomic mass is 35.5. The lowest BCUT2D eigenvalue weighted by molar-refractivity contribution is -0.137. The number of hydrogen-bond acceptors (Lipinski definition) is 4. The number of esters is 1. The van der Waals surface area contributed by atoms with Crippen molar-refractivity contribution >= 4 is 29.2 Å². The molecular weight excluding hydrogens is 543 g/mol. The molecule has 10 heteroatoms. The highest BCUT2D eigenvalue weighted by Gasteiger charge is 2.49. The van der Waals surface area contributed by atoms with Crippen LogP contribution in [0, 0.1) is 0 Å². The zero-order chi connectivity index (χ0) is 28.7. The largest absolute Gasteiger partial charge is 0.465 e. The van der Waals surface area contributed by atoms with Gasteiger partial charge in [0, 0.05) is 11.9 Å². The summed E-state index contributed by atoms with van der Waals surface area (Å²) in [4.78, 5) is 27.1. The zero-order valence-electron chi connectivity index (χ0n) is 22.5. The summed E-state index contributed by atoms with van der Waals surface area (Å²) in [5.41, 5.74) is 0.794. The quantitative estimate of drug-likeness (QED) is 0.298. The highest BCUT2D eigenvalue weighted by molar-refractivity contribution is 6.30. The van der Waals surface area contributed by atoms with Crippen LogP contribution in [0.5, 0.6) is 0 Å². The number of ether oxygens (including phenoxy) is 1. The number of aryl methyl sites for hydroxylation is 1. The number of aromatic nitrogens is 2. The van der Waals surface area contributed by atoms with Gasteiger partial charge in [-0.25, -0.2) is 9.48 Å². The molecule has 0 saturated heterocycles. The minimum Gasteiger partial charge on any atom is -0.465 e. The van der Waals surface area contributed by atoms with Gasteiger partial charge in [0.05, 0.1) is 46.5 Å². The molecule has 0 atom stereocenters. The third-order valence-electron chi connectivity index (χ3n) is 8.06. The monoisotopic (exact) mass is 573 g/mol. The summed E-state index contributed by atoms with van der Waals surface area (Å²) in [5.74, 6) is -1.39. The molecule has 0 N–H and O–H groups in total. The normalized spacial score (nSPS) is 16.8. The number of fused-ring (bicyclic) bond motifs is 1. The van der Waals surface area contributed by atoms with Gasteiger partial charge >= 0.3 is 12.1 Å². The first-order chi connectivity index (χ1) is 19.1. The number of methoxy groups -OCH3 is 1. The van der Waals surface area contributed by atoms with E-state index in [0.29, 0.717) is 17.9 Å². The van der Waals surface area contributed by atoms with Crippen LogP contribution in [-0.4, -0.2) is 28.8 Å². The molecule has 0 spiro atoms. The van der Waals surface area contributed by atoms with Gasteiger partial charge in [-0.1, -0.05) is 30.9 Å². The fourth-order valence-electron chi connectivity index (χ4n) is 6.41. The van der Waals surface area contributed by atoms with Crippen LogP contribution in [0.15, 0.2) is 42.5 Å². The minimum atomic E-state index is -4.82. The predicted octanol–water partition coefficient (Wildman–Crippen LogP) is 7.42. The second-order valence-electron chi connectivity index (χ2n) is 10.5. The summed E-state index contributed by atoms with van der Waals surface area (Å²) in [6.45, 7) is 1.31. The van der Waals surface area contributed by atoms with Gasteiger partial charge in [-0.3, -0.25) is 4.79 Å². The van der Waals surface area contributed by atoms with Gasteiger partial charge in [-0.2, -0.15) is 18.3 Å². The third kappa shape index (κ3) is 5.00. The van der Waals surface area contributed by atoms with E-state index in [1.807, 2.05) is 16.8 Å². The Balaban J connectivity index is 1.80. The lowest BCUT2D eigenvalue weighted by atomic mass is 9.74. The first-order valence-electron chi connectivity index (χ1n) is 13.5. The molecule has 1 amide bonds. The lowest BCUT2D eigenvalue weighted by Crippen LogP contribution is -2.52. The Morgan fingerprint density at radius 3 is 2.30 bits per heavy atom. The molecule has 1 heterocycles. The smallest absolute Gasteiger partial charge is 0.418 e. The maximum Gasteiger partial charge on any atom is 0.418 e. The summed E-state index contributed by atoms with van der Waals surface area (Å²) in [6, 6.07) is 10.5. The number of rotatable bonds is 5. The third-order valence-corrected chi connectivity index (χ3v) is 8.31. The van der Waals surface area contributed by atoms with E-state index in [1.54, 1.807) is 12.1 Å². The van der Waals surface area contributed by atoms with Crippen molar-refractivity contribution in [3.05, 3.63) is 75.6 Å². The molecule has 3 aromatic rings.